The molecule has 1 heterocycles. The molecule has 0 bridgehead atoms. The van der Waals surface area contributed by atoms with Crippen molar-refractivity contribution in [1.29, 1.82) is 0 Å². The van der Waals surface area contributed by atoms with Gasteiger partial charge in [-0.1, -0.05) is 6.92 Å². The minimum absolute atomic E-state index is 0.805. The van der Waals surface area contributed by atoms with Crippen LogP contribution in [-0.4, -0.2) is 23.5 Å². The quantitative estimate of drug-likeness (QED) is 0.821. The van der Waals surface area contributed by atoms with Gasteiger partial charge in [0.2, 0.25) is 0 Å². The first-order chi connectivity index (χ1) is 9.72. The van der Waals surface area contributed by atoms with E-state index in [1.807, 2.05) is 42.7 Å². The summed E-state index contributed by atoms with van der Waals surface area (Å²) in [4.78, 5) is 6.38. The van der Waals surface area contributed by atoms with Gasteiger partial charge in [0, 0.05) is 31.2 Å². The van der Waals surface area contributed by atoms with Gasteiger partial charge in [0.1, 0.15) is 5.75 Å². The molecule has 0 aliphatic heterocycles. The van der Waals surface area contributed by atoms with Crippen LogP contribution in [0.5, 0.6) is 5.75 Å². The van der Waals surface area contributed by atoms with E-state index in [2.05, 4.69) is 16.8 Å². The Bertz CT molecular complexity index is 543. The van der Waals surface area contributed by atoms with E-state index in [0.717, 1.165) is 36.6 Å². The second kappa shape index (κ2) is 6.91. The lowest BCUT2D eigenvalue weighted by Crippen LogP contribution is -2.22. The van der Waals surface area contributed by atoms with Crippen LogP contribution in [0.15, 0.2) is 42.7 Å². The summed E-state index contributed by atoms with van der Waals surface area (Å²) in [5.41, 5.74) is 9.20. The second-order valence-electron chi connectivity index (χ2n) is 4.72. The fourth-order valence-electron chi connectivity index (χ4n) is 2.11. The highest BCUT2D eigenvalue weighted by Gasteiger charge is 2.08. The highest BCUT2D eigenvalue weighted by Crippen LogP contribution is 2.21. The average molecular weight is 271 g/mol. The van der Waals surface area contributed by atoms with E-state index in [4.69, 9.17) is 10.5 Å². The van der Waals surface area contributed by atoms with Gasteiger partial charge in [0.15, 0.2) is 0 Å². The number of methoxy groups -OCH3 is 1. The van der Waals surface area contributed by atoms with Crippen molar-refractivity contribution < 1.29 is 4.74 Å². The van der Waals surface area contributed by atoms with Crippen LogP contribution in [0.25, 0.3) is 0 Å². The minimum Gasteiger partial charge on any atom is -0.497 e. The average Bonchev–Trinajstić information content (AvgIpc) is 2.49. The number of hydrogen-bond acceptors (Lipinski definition) is 4. The highest BCUT2D eigenvalue weighted by molar-refractivity contribution is 5.50. The summed E-state index contributed by atoms with van der Waals surface area (Å²) in [6.07, 6.45) is 3.64. The topological polar surface area (TPSA) is 51.4 Å². The van der Waals surface area contributed by atoms with Crippen molar-refractivity contribution in [2.75, 3.05) is 19.4 Å². The van der Waals surface area contributed by atoms with Crippen LogP contribution in [0.1, 0.15) is 18.1 Å². The molecular formula is C16H21N3O. The number of nitrogen functional groups attached to an aromatic ring is 1. The maximum absolute atomic E-state index is 6.05. The van der Waals surface area contributed by atoms with E-state index in [1.165, 1.54) is 5.56 Å². The predicted octanol–water partition coefficient (Wildman–Crippen LogP) is 2.69. The number of aromatic nitrogens is 1. The maximum atomic E-state index is 6.05. The fraction of sp³-hybridized carbons (Fsp3) is 0.312. The summed E-state index contributed by atoms with van der Waals surface area (Å²) in [7, 11) is 1.67. The van der Waals surface area contributed by atoms with Crippen LogP contribution in [-0.2, 0) is 13.1 Å². The first-order valence-corrected chi connectivity index (χ1v) is 6.76. The molecule has 0 saturated carbocycles. The number of benzene rings is 1. The van der Waals surface area contributed by atoms with Crippen LogP contribution in [0.4, 0.5) is 5.69 Å². The Labute approximate surface area is 120 Å². The normalized spacial score (nSPS) is 10.8. The molecule has 0 radical (unpaired) electrons. The largest absolute Gasteiger partial charge is 0.497 e. The zero-order valence-electron chi connectivity index (χ0n) is 12.0. The van der Waals surface area contributed by atoms with Crippen LogP contribution >= 0.6 is 0 Å². The third kappa shape index (κ3) is 3.71. The van der Waals surface area contributed by atoms with Gasteiger partial charge in [-0.05, 0) is 48.0 Å². The van der Waals surface area contributed by atoms with E-state index in [9.17, 15) is 0 Å². The van der Waals surface area contributed by atoms with Crippen LogP contribution in [0.2, 0.25) is 0 Å². The molecule has 1 aromatic carbocycles. The van der Waals surface area contributed by atoms with Crippen molar-refractivity contribution in [2.24, 2.45) is 0 Å². The molecule has 1 aromatic heterocycles. The van der Waals surface area contributed by atoms with Gasteiger partial charge in [-0.3, -0.25) is 9.88 Å². The molecule has 2 N–H and O–H groups in total. The number of anilines is 1. The SMILES string of the molecule is CCN(Cc1ccncc1)Cc1cc(OC)ccc1N. The third-order valence-electron chi connectivity index (χ3n) is 3.35. The van der Waals surface area contributed by atoms with Gasteiger partial charge in [-0.25, -0.2) is 0 Å². The first-order valence-electron chi connectivity index (χ1n) is 6.76. The van der Waals surface area contributed by atoms with Crippen molar-refractivity contribution in [3.63, 3.8) is 0 Å². The van der Waals surface area contributed by atoms with Gasteiger partial charge < -0.3 is 10.5 Å². The molecule has 0 saturated heterocycles. The van der Waals surface area contributed by atoms with Crippen molar-refractivity contribution in [3.8, 4) is 5.75 Å². The van der Waals surface area contributed by atoms with Crippen LogP contribution in [0.3, 0.4) is 0 Å². The van der Waals surface area contributed by atoms with E-state index < -0.39 is 0 Å². The molecule has 0 fully saturated rings. The number of nitrogens with zero attached hydrogens (tertiary/aromatic N) is 2. The Hall–Kier alpha value is -2.07. The lowest BCUT2D eigenvalue weighted by molar-refractivity contribution is 0.271. The van der Waals surface area contributed by atoms with E-state index >= 15 is 0 Å². The molecule has 0 spiro atoms. The Balaban J connectivity index is 2.10. The highest BCUT2D eigenvalue weighted by atomic mass is 16.5. The molecule has 4 nitrogen and oxygen atoms in total. The Morgan fingerprint density at radius 2 is 1.90 bits per heavy atom. The summed E-state index contributed by atoms with van der Waals surface area (Å²) in [6.45, 7) is 4.80. The standard InChI is InChI=1S/C16H21N3O/c1-3-19(11-13-6-8-18-9-7-13)12-14-10-15(20-2)4-5-16(14)17/h4-10H,3,11-12,17H2,1-2H3. The van der Waals surface area contributed by atoms with E-state index in [0.29, 0.717) is 0 Å². The Kier molecular flexibility index (Phi) is 4.96. The minimum atomic E-state index is 0.805. The van der Waals surface area contributed by atoms with Crippen LogP contribution < -0.4 is 10.5 Å². The van der Waals surface area contributed by atoms with Crippen LogP contribution in [0, 0.1) is 0 Å². The number of rotatable bonds is 6. The first kappa shape index (κ1) is 14.3. The zero-order chi connectivity index (χ0) is 14.4. The number of ether oxygens (including phenoxy) is 1. The third-order valence-corrected chi connectivity index (χ3v) is 3.35. The van der Waals surface area contributed by atoms with Crippen molar-refractivity contribution in [2.45, 2.75) is 20.0 Å². The molecule has 106 valence electrons. The summed E-state index contributed by atoms with van der Waals surface area (Å²) >= 11 is 0. The van der Waals surface area contributed by atoms with Gasteiger partial charge in [0.25, 0.3) is 0 Å². The molecule has 4 heteroatoms. The molecule has 20 heavy (non-hydrogen) atoms. The monoisotopic (exact) mass is 271 g/mol. The lowest BCUT2D eigenvalue weighted by atomic mass is 10.1. The van der Waals surface area contributed by atoms with Crippen molar-refractivity contribution in [3.05, 3.63) is 53.9 Å². The fourth-order valence-corrected chi connectivity index (χ4v) is 2.11. The summed E-state index contributed by atoms with van der Waals surface area (Å²) in [6, 6.07) is 9.87. The number of nitrogens with two attached hydrogens (primary N) is 1. The molecule has 2 rings (SSSR count). The second-order valence-corrected chi connectivity index (χ2v) is 4.72. The molecule has 2 aromatic rings. The molecule has 0 atom stereocenters. The molecular weight excluding hydrogens is 250 g/mol. The molecule has 0 amide bonds. The zero-order valence-corrected chi connectivity index (χ0v) is 12.0. The Morgan fingerprint density at radius 3 is 2.55 bits per heavy atom. The maximum Gasteiger partial charge on any atom is 0.119 e. The van der Waals surface area contributed by atoms with E-state index in [-0.39, 0.29) is 0 Å². The van der Waals surface area contributed by atoms with Gasteiger partial charge in [-0.2, -0.15) is 0 Å². The van der Waals surface area contributed by atoms with E-state index in [1.54, 1.807) is 7.11 Å². The summed E-state index contributed by atoms with van der Waals surface area (Å²) < 4.78 is 5.26. The lowest BCUT2D eigenvalue weighted by Gasteiger charge is -2.21. The summed E-state index contributed by atoms with van der Waals surface area (Å²) in [5.74, 6) is 0.842. The number of pyridine rings is 1. The smallest absolute Gasteiger partial charge is 0.119 e. The van der Waals surface area contributed by atoms with Gasteiger partial charge in [0.05, 0.1) is 7.11 Å². The molecule has 0 unspecified atom stereocenters. The van der Waals surface area contributed by atoms with Gasteiger partial charge >= 0.3 is 0 Å². The van der Waals surface area contributed by atoms with Crippen molar-refractivity contribution >= 4 is 5.69 Å². The molecule has 0 aliphatic carbocycles. The molecule has 0 aliphatic rings. The van der Waals surface area contributed by atoms with Crippen molar-refractivity contribution in [1.82, 2.24) is 9.88 Å². The Morgan fingerprint density at radius 1 is 1.15 bits per heavy atom. The van der Waals surface area contributed by atoms with Gasteiger partial charge in [-0.15, -0.1) is 0 Å². The summed E-state index contributed by atoms with van der Waals surface area (Å²) in [5, 5.41) is 0. The number of hydrogen-bond donors (Lipinski definition) is 1. The predicted molar refractivity (Wildman–Crippen MR) is 81.4 cm³/mol.